The van der Waals surface area contributed by atoms with Crippen LogP contribution in [0.2, 0.25) is 0 Å². The lowest BCUT2D eigenvalue weighted by Crippen LogP contribution is -2.14. The maximum atomic E-state index is 2.46. The summed E-state index contributed by atoms with van der Waals surface area (Å²) in [5.74, 6) is 0. The molecule has 0 radical (unpaired) electrons. The molecule has 0 bridgehead atoms. The van der Waals surface area contributed by atoms with E-state index in [1.54, 1.807) is 0 Å². The van der Waals surface area contributed by atoms with Gasteiger partial charge >= 0.3 is 0 Å². The first-order valence-electron chi connectivity index (χ1n) is 17.0. The van der Waals surface area contributed by atoms with Gasteiger partial charge in [-0.1, -0.05) is 112 Å². The Morgan fingerprint density at radius 1 is 0.354 bits per heavy atom. The second-order valence-electron chi connectivity index (χ2n) is 14.6. The monoisotopic (exact) mass is 612 g/mol. The van der Waals surface area contributed by atoms with Crippen LogP contribution >= 0.6 is 0 Å². The lowest BCUT2D eigenvalue weighted by atomic mass is 9.77. The third-order valence-corrected chi connectivity index (χ3v) is 10.8. The molecule has 0 aliphatic rings. The van der Waals surface area contributed by atoms with Crippen LogP contribution in [0.1, 0.15) is 26.3 Å². The van der Waals surface area contributed by atoms with Gasteiger partial charge in [-0.2, -0.15) is 0 Å². The van der Waals surface area contributed by atoms with E-state index in [2.05, 4.69) is 169 Å². The van der Waals surface area contributed by atoms with E-state index in [4.69, 9.17) is 0 Å². The molecule has 0 aliphatic carbocycles. The van der Waals surface area contributed by atoms with Crippen molar-refractivity contribution < 1.29 is 0 Å². The Morgan fingerprint density at radius 2 is 0.667 bits per heavy atom. The molecule has 0 saturated heterocycles. The molecule has 0 spiro atoms. The van der Waals surface area contributed by atoms with Gasteiger partial charge in [0.15, 0.2) is 0 Å². The predicted octanol–water partition coefficient (Wildman–Crippen LogP) is 12.6. The van der Waals surface area contributed by atoms with Crippen LogP contribution < -0.4 is 0 Å². The summed E-state index contributed by atoms with van der Waals surface area (Å²) in [4.78, 5) is 0. The van der Waals surface area contributed by atoms with Crippen LogP contribution in [0.25, 0.3) is 98.4 Å². The minimum atomic E-state index is -0.103. The van der Waals surface area contributed by atoms with Gasteiger partial charge in [0, 0.05) is 43.1 Å². The molecule has 0 unspecified atom stereocenters. The minimum Gasteiger partial charge on any atom is -0.308 e. The van der Waals surface area contributed by atoms with Crippen molar-refractivity contribution in [2.75, 3.05) is 0 Å². The zero-order valence-electron chi connectivity index (χ0n) is 27.2. The number of para-hydroxylation sites is 4. The van der Waals surface area contributed by atoms with Crippen LogP contribution in [-0.4, -0.2) is 8.80 Å². The van der Waals surface area contributed by atoms with E-state index >= 15 is 0 Å². The fourth-order valence-electron chi connectivity index (χ4n) is 9.05. The van der Waals surface area contributed by atoms with Crippen LogP contribution in [0, 0.1) is 0 Å². The fourth-order valence-corrected chi connectivity index (χ4v) is 9.05. The fraction of sp³-hybridized carbons (Fsp3) is 0.0870. The molecule has 0 atom stereocenters. The normalized spacial score (nSPS) is 12.9. The summed E-state index contributed by atoms with van der Waals surface area (Å²) in [6, 6.07) is 52.2. The average molecular weight is 613 g/mol. The van der Waals surface area contributed by atoms with E-state index in [1.807, 2.05) is 0 Å². The van der Waals surface area contributed by atoms with Crippen LogP contribution in [0.15, 0.2) is 140 Å². The largest absolute Gasteiger partial charge is 0.308 e. The van der Waals surface area contributed by atoms with Gasteiger partial charge < -0.3 is 8.80 Å². The number of fused-ring (bicyclic) bond motifs is 12. The Labute approximate surface area is 277 Å². The Bertz CT molecular complexity index is 2720. The number of benzene rings is 7. The number of rotatable bonds is 2. The zero-order valence-corrected chi connectivity index (χ0v) is 27.2. The molecule has 11 rings (SSSR count). The Balaban J connectivity index is 1.25. The molecule has 7 aromatic carbocycles. The van der Waals surface area contributed by atoms with Gasteiger partial charge in [0.25, 0.3) is 0 Å². The SMILES string of the molecule is CC(C)(C)c1c(-c2cc3c4ccccc4n4c5ccccc5c(c2)c34)cccc1-c1cc2c3ccccc3n3c4ccccc4c(c1)c23. The lowest BCUT2D eigenvalue weighted by Gasteiger charge is -2.27. The van der Waals surface area contributed by atoms with Crippen molar-refractivity contribution in [2.24, 2.45) is 0 Å². The summed E-state index contributed by atoms with van der Waals surface area (Å²) in [5, 5.41) is 10.5. The molecule has 226 valence electrons. The summed E-state index contributed by atoms with van der Waals surface area (Å²) < 4.78 is 4.93. The van der Waals surface area contributed by atoms with Gasteiger partial charge in [-0.05, 0) is 81.8 Å². The zero-order chi connectivity index (χ0) is 31.9. The topological polar surface area (TPSA) is 8.82 Å². The average Bonchev–Trinajstić information content (AvgIpc) is 3.84. The van der Waals surface area contributed by atoms with Crippen molar-refractivity contribution in [3.05, 3.63) is 145 Å². The van der Waals surface area contributed by atoms with Gasteiger partial charge in [0.1, 0.15) is 0 Å². The van der Waals surface area contributed by atoms with E-state index in [0.29, 0.717) is 0 Å². The van der Waals surface area contributed by atoms with E-state index < -0.39 is 0 Å². The molecular formula is C46H32N2. The van der Waals surface area contributed by atoms with Gasteiger partial charge in [-0.15, -0.1) is 0 Å². The molecule has 2 nitrogen and oxygen atoms in total. The Hall–Kier alpha value is -5.86. The Kier molecular flexibility index (Phi) is 4.88. The van der Waals surface area contributed by atoms with Gasteiger partial charge in [-0.3, -0.25) is 0 Å². The van der Waals surface area contributed by atoms with Gasteiger partial charge in [-0.25, -0.2) is 0 Å². The first-order valence-corrected chi connectivity index (χ1v) is 17.0. The third-order valence-electron chi connectivity index (χ3n) is 10.8. The highest BCUT2D eigenvalue weighted by Gasteiger charge is 2.27. The summed E-state index contributed by atoms with van der Waals surface area (Å²) in [6.07, 6.45) is 0. The van der Waals surface area contributed by atoms with Crippen LogP contribution in [0.4, 0.5) is 0 Å². The van der Waals surface area contributed by atoms with Crippen LogP contribution in [-0.2, 0) is 5.41 Å². The highest BCUT2D eigenvalue weighted by Crippen LogP contribution is 2.47. The maximum absolute atomic E-state index is 2.46. The molecule has 0 saturated carbocycles. The second kappa shape index (κ2) is 8.93. The maximum Gasteiger partial charge on any atom is 0.0620 e. The predicted molar refractivity (Wildman–Crippen MR) is 205 cm³/mol. The van der Waals surface area contributed by atoms with Crippen molar-refractivity contribution in [3.63, 3.8) is 0 Å². The lowest BCUT2D eigenvalue weighted by molar-refractivity contribution is 0.594. The smallest absolute Gasteiger partial charge is 0.0620 e. The number of nitrogens with zero attached hydrogens (tertiary/aromatic N) is 2. The number of hydrogen-bond donors (Lipinski definition) is 0. The van der Waals surface area contributed by atoms with E-state index in [9.17, 15) is 0 Å². The standard InChI is InChI=1S/C46H32N2/c1-46(2,3)43-29(27-23-35-31-13-4-8-19-39(31)47-40-20-9-5-14-32(40)36(24-27)44(35)47)17-12-18-30(43)28-25-37-33-15-6-10-21-41(33)48-42-22-11-7-16-34(42)38(26-28)45(37)48/h4-26H,1-3H3. The first-order chi connectivity index (χ1) is 23.5. The molecule has 2 heteroatoms. The van der Waals surface area contributed by atoms with Gasteiger partial charge in [0.05, 0.1) is 33.1 Å². The van der Waals surface area contributed by atoms with Crippen molar-refractivity contribution in [1.82, 2.24) is 8.80 Å². The molecule has 48 heavy (non-hydrogen) atoms. The summed E-state index contributed by atoms with van der Waals surface area (Å²) in [7, 11) is 0. The van der Waals surface area contributed by atoms with Crippen LogP contribution in [0.5, 0.6) is 0 Å². The summed E-state index contributed by atoms with van der Waals surface area (Å²) in [5.41, 5.74) is 14.2. The molecule has 0 fully saturated rings. The minimum absolute atomic E-state index is 0.103. The Morgan fingerprint density at radius 3 is 0.979 bits per heavy atom. The number of hydrogen-bond acceptors (Lipinski definition) is 0. The molecule has 11 aromatic rings. The van der Waals surface area contributed by atoms with Crippen molar-refractivity contribution in [1.29, 1.82) is 0 Å². The molecule has 0 N–H and O–H groups in total. The van der Waals surface area contributed by atoms with Crippen molar-refractivity contribution in [2.45, 2.75) is 26.2 Å². The quantitative estimate of drug-likeness (QED) is 0.184. The molecule has 0 aliphatic heterocycles. The summed E-state index contributed by atoms with van der Waals surface area (Å²) in [6.45, 7) is 7.10. The van der Waals surface area contributed by atoms with Crippen LogP contribution in [0.3, 0.4) is 0 Å². The van der Waals surface area contributed by atoms with E-state index in [0.717, 1.165) is 0 Å². The second-order valence-corrected chi connectivity index (χ2v) is 14.6. The summed E-state index contributed by atoms with van der Waals surface area (Å²) >= 11 is 0. The van der Waals surface area contributed by atoms with Crippen molar-refractivity contribution in [3.8, 4) is 22.3 Å². The molecule has 4 aromatic heterocycles. The van der Waals surface area contributed by atoms with E-state index in [-0.39, 0.29) is 5.41 Å². The van der Waals surface area contributed by atoms with Gasteiger partial charge in [0.2, 0.25) is 0 Å². The highest BCUT2D eigenvalue weighted by molar-refractivity contribution is 6.26. The van der Waals surface area contributed by atoms with E-state index in [1.165, 1.54) is 104 Å². The first kappa shape index (κ1) is 26.2. The highest BCUT2D eigenvalue weighted by atomic mass is 14.9. The molecule has 0 amide bonds. The van der Waals surface area contributed by atoms with Crippen molar-refractivity contribution >= 4 is 76.2 Å². The molecular weight excluding hydrogens is 581 g/mol. The molecule has 4 heterocycles. The number of aromatic nitrogens is 2. The third kappa shape index (κ3) is 3.22.